The van der Waals surface area contributed by atoms with Crippen LogP contribution in [-0.2, 0) is 23.8 Å². The van der Waals surface area contributed by atoms with Crippen LogP contribution in [0.25, 0.3) is 0 Å². The molecule has 0 aliphatic carbocycles. The van der Waals surface area contributed by atoms with Gasteiger partial charge < -0.3 is 14.2 Å². The number of hydrogen-bond acceptors (Lipinski definition) is 5. The van der Waals surface area contributed by atoms with Crippen molar-refractivity contribution in [1.29, 1.82) is 0 Å². The van der Waals surface area contributed by atoms with E-state index in [9.17, 15) is 9.59 Å². The zero-order valence-electron chi connectivity index (χ0n) is 9.24. The fourth-order valence-electron chi connectivity index (χ4n) is 0.796. The molecule has 0 saturated carbocycles. The van der Waals surface area contributed by atoms with Crippen LogP contribution < -0.4 is 0 Å². The topological polar surface area (TPSA) is 61.8 Å². The Morgan fingerprint density at radius 1 is 1.07 bits per heavy atom. The van der Waals surface area contributed by atoms with Gasteiger partial charge in [-0.3, -0.25) is 9.59 Å². The molecule has 0 aliphatic rings. The van der Waals surface area contributed by atoms with E-state index in [1.165, 1.54) is 13.8 Å². The first kappa shape index (κ1) is 13.5. The monoisotopic (exact) mass is 216 g/mol. The Bertz CT molecular complexity index is 228. The summed E-state index contributed by atoms with van der Waals surface area (Å²) in [6.45, 7) is 7.89. The predicted octanol–water partition coefficient (Wildman–Crippen LogP) is 1.03. The Morgan fingerprint density at radius 3 is 2.00 bits per heavy atom. The molecule has 0 heterocycles. The Morgan fingerprint density at radius 2 is 1.60 bits per heavy atom. The molecule has 0 spiro atoms. The highest BCUT2D eigenvalue weighted by Gasteiger charge is 2.14. The van der Waals surface area contributed by atoms with Gasteiger partial charge in [-0.15, -0.1) is 0 Å². The van der Waals surface area contributed by atoms with Crippen LogP contribution in [0, 0.1) is 0 Å². The number of esters is 2. The lowest BCUT2D eigenvalue weighted by molar-refractivity contribution is -0.158. The molecular formula is C10H16O5. The third kappa shape index (κ3) is 8.80. The summed E-state index contributed by atoms with van der Waals surface area (Å²) in [7, 11) is 0. The van der Waals surface area contributed by atoms with Gasteiger partial charge in [0.05, 0.1) is 5.76 Å². The molecule has 0 radical (unpaired) electrons. The standard InChI is InChI=1S/C10H16O5/c1-7(2)13-5-10(15-9(4)12)6-14-8(3)11/h10H,1,5-6H2,2-4H3. The highest BCUT2D eigenvalue weighted by molar-refractivity contribution is 5.67. The van der Waals surface area contributed by atoms with Crippen molar-refractivity contribution in [3.8, 4) is 0 Å². The maximum atomic E-state index is 10.7. The van der Waals surface area contributed by atoms with Crippen molar-refractivity contribution < 1.29 is 23.8 Å². The van der Waals surface area contributed by atoms with Gasteiger partial charge in [0.15, 0.2) is 6.10 Å². The molecule has 1 atom stereocenters. The van der Waals surface area contributed by atoms with Crippen molar-refractivity contribution in [2.45, 2.75) is 26.9 Å². The highest BCUT2D eigenvalue weighted by Crippen LogP contribution is 2.00. The summed E-state index contributed by atoms with van der Waals surface area (Å²) in [6, 6.07) is 0. The fourth-order valence-corrected chi connectivity index (χ4v) is 0.796. The second-order valence-corrected chi connectivity index (χ2v) is 3.05. The van der Waals surface area contributed by atoms with E-state index < -0.39 is 18.0 Å². The number of carbonyl (C=O) groups excluding carboxylic acids is 2. The lowest BCUT2D eigenvalue weighted by Gasteiger charge is -2.17. The molecule has 5 nitrogen and oxygen atoms in total. The van der Waals surface area contributed by atoms with Crippen LogP contribution in [0.15, 0.2) is 12.3 Å². The summed E-state index contributed by atoms with van der Waals surface area (Å²) in [6.07, 6.45) is -0.594. The van der Waals surface area contributed by atoms with Gasteiger partial charge >= 0.3 is 11.9 Å². The van der Waals surface area contributed by atoms with Gasteiger partial charge in [-0.2, -0.15) is 0 Å². The SMILES string of the molecule is C=C(C)OCC(COC(C)=O)OC(C)=O. The first-order chi connectivity index (χ1) is 6.91. The maximum absolute atomic E-state index is 10.7. The van der Waals surface area contributed by atoms with Crippen LogP contribution in [-0.4, -0.2) is 31.3 Å². The van der Waals surface area contributed by atoms with Crippen molar-refractivity contribution in [2.75, 3.05) is 13.2 Å². The largest absolute Gasteiger partial charge is 0.495 e. The summed E-state index contributed by atoms with van der Waals surface area (Å²) in [5.41, 5.74) is 0. The minimum Gasteiger partial charge on any atom is -0.495 e. The smallest absolute Gasteiger partial charge is 0.303 e. The van der Waals surface area contributed by atoms with Gasteiger partial charge in [0.2, 0.25) is 0 Å². The molecule has 86 valence electrons. The second kappa shape index (κ2) is 6.86. The summed E-state index contributed by atoms with van der Waals surface area (Å²) < 4.78 is 14.7. The molecule has 0 fully saturated rings. The number of hydrogen-bond donors (Lipinski definition) is 0. The van der Waals surface area contributed by atoms with E-state index in [0.29, 0.717) is 5.76 Å². The molecule has 0 amide bonds. The van der Waals surface area contributed by atoms with Crippen LogP contribution in [0.5, 0.6) is 0 Å². The zero-order valence-corrected chi connectivity index (χ0v) is 9.24. The average Bonchev–Trinajstić information content (AvgIpc) is 2.08. The third-order valence-electron chi connectivity index (χ3n) is 1.32. The third-order valence-corrected chi connectivity index (χ3v) is 1.32. The molecular weight excluding hydrogens is 200 g/mol. The normalized spacial score (nSPS) is 11.4. The van der Waals surface area contributed by atoms with Crippen LogP contribution >= 0.6 is 0 Å². The fraction of sp³-hybridized carbons (Fsp3) is 0.600. The molecule has 0 aromatic carbocycles. The predicted molar refractivity (Wildman–Crippen MR) is 53.0 cm³/mol. The summed E-state index contributed by atoms with van der Waals surface area (Å²) in [5, 5.41) is 0. The summed E-state index contributed by atoms with van der Waals surface area (Å²) in [5.74, 6) is -0.366. The van der Waals surface area contributed by atoms with Crippen LogP contribution in [0.1, 0.15) is 20.8 Å². The first-order valence-electron chi connectivity index (χ1n) is 4.50. The van der Waals surface area contributed by atoms with Crippen molar-refractivity contribution in [3.63, 3.8) is 0 Å². The van der Waals surface area contributed by atoms with Gasteiger partial charge in [-0.1, -0.05) is 6.58 Å². The number of carbonyl (C=O) groups is 2. The molecule has 0 aromatic rings. The molecule has 0 saturated heterocycles. The van der Waals surface area contributed by atoms with Crippen molar-refractivity contribution in [1.82, 2.24) is 0 Å². The lowest BCUT2D eigenvalue weighted by Crippen LogP contribution is -2.28. The molecule has 5 heteroatoms. The lowest BCUT2D eigenvalue weighted by atomic mass is 10.4. The van der Waals surface area contributed by atoms with Crippen LogP contribution in [0.4, 0.5) is 0 Å². The molecule has 0 aliphatic heterocycles. The van der Waals surface area contributed by atoms with E-state index in [2.05, 4.69) is 6.58 Å². The van der Waals surface area contributed by atoms with Crippen molar-refractivity contribution >= 4 is 11.9 Å². The molecule has 1 unspecified atom stereocenters. The number of rotatable bonds is 6. The van der Waals surface area contributed by atoms with E-state index in [0.717, 1.165) is 0 Å². The Kier molecular flexibility index (Phi) is 6.17. The Hall–Kier alpha value is -1.52. The highest BCUT2D eigenvalue weighted by atomic mass is 16.6. The summed E-state index contributed by atoms with van der Waals surface area (Å²) in [4.78, 5) is 21.3. The Balaban J connectivity index is 3.99. The van der Waals surface area contributed by atoms with Crippen LogP contribution in [0.2, 0.25) is 0 Å². The average molecular weight is 216 g/mol. The second-order valence-electron chi connectivity index (χ2n) is 3.05. The minimum absolute atomic E-state index is 0.0117. The Labute approximate surface area is 89.0 Å². The summed E-state index contributed by atoms with van der Waals surface area (Å²) >= 11 is 0. The van der Waals surface area contributed by atoms with Gasteiger partial charge in [0, 0.05) is 13.8 Å². The molecule has 0 bridgehead atoms. The maximum Gasteiger partial charge on any atom is 0.303 e. The van der Waals surface area contributed by atoms with E-state index in [1.54, 1.807) is 6.92 Å². The van der Waals surface area contributed by atoms with E-state index >= 15 is 0 Å². The minimum atomic E-state index is -0.594. The van der Waals surface area contributed by atoms with E-state index in [4.69, 9.17) is 14.2 Å². The first-order valence-corrected chi connectivity index (χ1v) is 4.50. The quantitative estimate of drug-likeness (QED) is 0.490. The van der Waals surface area contributed by atoms with E-state index in [-0.39, 0.29) is 13.2 Å². The van der Waals surface area contributed by atoms with Crippen molar-refractivity contribution in [2.24, 2.45) is 0 Å². The van der Waals surface area contributed by atoms with Crippen molar-refractivity contribution in [3.05, 3.63) is 12.3 Å². The van der Waals surface area contributed by atoms with Crippen LogP contribution in [0.3, 0.4) is 0 Å². The molecule has 15 heavy (non-hydrogen) atoms. The number of allylic oxidation sites excluding steroid dienone is 1. The zero-order chi connectivity index (χ0) is 11.8. The van der Waals surface area contributed by atoms with Gasteiger partial charge in [0.25, 0.3) is 0 Å². The molecule has 0 aromatic heterocycles. The molecule has 0 N–H and O–H groups in total. The van der Waals surface area contributed by atoms with Gasteiger partial charge in [-0.25, -0.2) is 0 Å². The van der Waals surface area contributed by atoms with E-state index in [1.807, 2.05) is 0 Å². The van der Waals surface area contributed by atoms with Gasteiger partial charge in [0.1, 0.15) is 13.2 Å². The number of ether oxygens (including phenoxy) is 3. The van der Waals surface area contributed by atoms with Gasteiger partial charge in [-0.05, 0) is 6.92 Å². The molecule has 0 rings (SSSR count).